The topological polar surface area (TPSA) is 106 Å². The first-order chi connectivity index (χ1) is 14.5. The molecule has 4 N–H and O–H groups in total. The van der Waals surface area contributed by atoms with E-state index in [1.54, 1.807) is 48.1 Å². The van der Waals surface area contributed by atoms with Crippen LogP contribution in [0.3, 0.4) is 0 Å². The molecule has 0 aliphatic rings. The molecule has 7 nitrogen and oxygen atoms in total. The Hall–Kier alpha value is -2.65. The Kier molecular flexibility index (Phi) is 7.50. The van der Waals surface area contributed by atoms with Gasteiger partial charge in [-0.2, -0.15) is 0 Å². The van der Waals surface area contributed by atoms with Crippen molar-refractivity contribution in [1.82, 2.24) is 9.97 Å². The Morgan fingerprint density at radius 3 is 2.87 bits per heavy atom. The van der Waals surface area contributed by atoms with Gasteiger partial charge in [-0.3, -0.25) is 4.79 Å². The summed E-state index contributed by atoms with van der Waals surface area (Å²) >= 11 is 7.81. The zero-order chi connectivity index (χ0) is 21.1. The van der Waals surface area contributed by atoms with E-state index in [-0.39, 0.29) is 18.3 Å². The molecule has 4 aromatic heterocycles. The van der Waals surface area contributed by atoms with Crippen LogP contribution in [0.15, 0.2) is 53.3 Å². The first kappa shape index (κ1) is 23.0. The molecule has 4 heterocycles. The number of pyridine rings is 2. The molecule has 0 spiro atoms. The number of carbonyl (C=O) groups is 1. The number of nitrogens with zero attached hydrogens (tertiary/aromatic N) is 2. The van der Waals surface area contributed by atoms with Crippen molar-refractivity contribution in [3.63, 3.8) is 0 Å². The van der Waals surface area contributed by atoms with Crippen LogP contribution in [0.1, 0.15) is 16.2 Å². The maximum atomic E-state index is 12.5. The van der Waals surface area contributed by atoms with Crippen LogP contribution < -0.4 is 16.4 Å². The number of nitrogens with one attached hydrogen (secondary N) is 2. The van der Waals surface area contributed by atoms with Crippen molar-refractivity contribution < 1.29 is 9.21 Å². The number of thiophene rings is 1. The van der Waals surface area contributed by atoms with Gasteiger partial charge in [-0.25, -0.2) is 9.97 Å². The third kappa shape index (κ3) is 5.34. The molecular weight excluding hydrogens is 457 g/mol. The fourth-order valence-corrected chi connectivity index (χ4v) is 4.55. The molecule has 31 heavy (non-hydrogen) atoms. The van der Waals surface area contributed by atoms with Gasteiger partial charge in [0.2, 0.25) is 5.91 Å². The molecule has 4 rings (SSSR count). The molecule has 10 heteroatoms. The Bertz CT molecular complexity index is 1170. The van der Waals surface area contributed by atoms with E-state index in [2.05, 4.69) is 20.6 Å². The van der Waals surface area contributed by atoms with Crippen molar-refractivity contribution in [3.05, 3.63) is 70.2 Å². The highest BCUT2D eigenvalue weighted by molar-refractivity contribution is 7.19. The van der Waals surface area contributed by atoms with Crippen molar-refractivity contribution in [2.75, 3.05) is 10.6 Å². The summed E-state index contributed by atoms with van der Waals surface area (Å²) < 4.78 is 6.35. The summed E-state index contributed by atoms with van der Waals surface area (Å²) in [6.45, 7) is 2.50. The molecule has 0 radical (unpaired) electrons. The summed E-state index contributed by atoms with van der Waals surface area (Å²) in [5.41, 5.74) is 8.82. The lowest BCUT2D eigenvalue weighted by atomic mass is 10.1. The SMILES string of the molecule is Cc1c(C[C@@H](N)C(=O)Nc2ccccn2)sc2c(NCc3ccco3)cc(Cl)nc12.Cl. The standard InChI is InChI=1S/C21H20ClN5O2S.ClH/c1-12-16(9-14(23)21(28)27-18-6-2-3-7-24-18)30-20-15(10-17(22)26-19(12)20)25-11-13-5-4-8-29-13;/h2-8,10,14H,9,11,23H2,1H3,(H,25,26)(H,24,27,28);1H/t14-;/m1./s1. The minimum Gasteiger partial charge on any atom is -0.467 e. The van der Waals surface area contributed by atoms with Crippen LogP contribution in [-0.2, 0) is 17.8 Å². The maximum absolute atomic E-state index is 12.5. The van der Waals surface area contributed by atoms with Crippen molar-refractivity contribution in [2.24, 2.45) is 5.73 Å². The van der Waals surface area contributed by atoms with Crippen molar-refractivity contribution in [1.29, 1.82) is 0 Å². The molecular formula is C21H21Cl2N5O2S. The Morgan fingerprint density at radius 2 is 2.16 bits per heavy atom. The van der Waals surface area contributed by atoms with E-state index in [1.165, 1.54) is 0 Å². The first-order valence-electron chi connectivity index (χ1n) is 9.33. The number of anilines is 2. The van der Waals surface area contributed by atoms with Crippen molar-refractivity contribution in [2.45, 2.75) is 25.9 Å². The summed E-state index contributed by atoms with van der Waals surface area (Å²) in [6, 6.07) is 10.1. The highest BCUT2D eigenvalue weighted by Gasteiger charge is 2.20. The fraction of sp³-hybridized carbons (Fsp3) is 0.190. The molecule has 0 saturated heterocycles. The van der Waals surface area contributed by atoms with Crippen LogP contribution in [0.2, 0.25) is 5.15 Å². The average molecular weight is 478 g/mol. The highest BCUT2D eigenvalue weighted by Crippen LogP contribution is 2.37. The number of aromatic nitrogens is 2. The fourth-order valence-electron chi connectivity index (χ4n) is 3.06. The summed E-state index contributed by atoms with van der Waals surface area (Å²) in [6.07, 6.45) is 3.64. The second-order valence-electron chi connectivity index (χ2n) is 6.77. The van der Waals surface area contributed by atoms with Gasteiger partial charge < -0.3 is 20.8 Å². The minimum absolute atomic E-state index is 0. The lowest BCUT2D eigenvalue weighted by Crippen LogP contribution is -2.37. The predicted octanol–water partition coefficient (Wildman–Crippen LogP) is 4.79. The van der Waals surface area contributed by atoms with Crippen molar-refractivity contribution in [3.8, 4) is 0 Å². The number of rotatable bonds is 7. The number of carbonyl (C=O) groups excluding carboxylic acids is 1. The monoisotopic (exact) mass is 477 g/mol. The smallest absolute Gasteiger partial charge is 0.242 e. The second kappa shape index (κ2) is 10.1. The van der Waals surface area contributed by atoms with E-state index >= 15 is 0 Å². The molecule has 0 bridgehead atoms. The van der Waals surface area contributed by atoms with Crippen molar-refractivity contribution >= 4 is 63.0 Å². The largest absolute Gasteiger partial charge is 0.467 e. The molecule has 162 valence electrons. The van der Waals surface area contributed by atoms with Gasteiger partial charge in [0.15, 0.2) is 0 Å². The van der Waals surface area contributed by atoms with E-state index in [1.807, 2.05) is 19.1 Å². The molecule has 0 aromatic carbocycles. The average Bonchev–Trinajstić information content (AvgIpc) is 3.36. The molecule has 0 unspecified atom stereocenters. The van der Waals surface area contributed by atoms with Crippen LogP contribution in [0.5, 0.6) is 0 Å². The highest BCUT2D eigenvalue weighted by atomic mass is 35.5. The number of hydrogen-bond donors (Lipinski definition) is 3. The van der Waals surface area contributed by atoms with Crippen LogP contribution in [0.4, 0.5) is 11.5 Å². The number of hydrogen-bond acceptors (Lipinski definition) is 7. The zero-order valence-corrected chi connectivity index (χ0v) is 19.0. The van der Waals surface area contributed by atoms with Gasteiger partial charge >= 0.3 is 0 Å². The lowest BCUT2D eigenvalue weighted by molar-refractivity contribution is -0.117. The van der Waals surface area contributed by atoms with Crippen LogP contribution >= 0.6 is 35.3 Å². The van der Waals surface area contributed by atoms with Crippen LogP contribution in [0.25, 0.3) is 10.2 Å². The van der Waals surface area contributed by atoms with Gasteiger partial charge in [0.1, 0.15) is 16.7 Å². The minimum atomic E-state index is -0.714. The number of amides is 1. The summed E-state index contributed by atoms with van der Waals surface area (Å²) in [7, 11) is 0. The third-order valence-electron chi connectivity index (χ3n) is 4.63. The summed E-state index contributed by atoms with van der Waals surface area (Å²) in [5, 5.41) is 6.49. The molecule has 0 aliphatic carbocycles. The Morgan fingerprint density at radius 1 is 1.32 bits per heavy atom. The van der Waals surface area contributed by atoms with E-state index in [0.29, 0.717) is 23.9 Å². The van der Waals surface area contributed by atoms with Gasteiger partial charge in [-0.1, -0.05) is 17.7 Å². The lowest BCUT2D eigenvalue weighted by Gasteiger charge is -2.11. The molecule has 1 amide bonds. The number of nitrogens with two attached hydrogens (primary N) is 1. The molecule has 0 saturated carbocycles. The Balaban J connectivity index is 0.00000272. The van der Waals surface area contributed by atoms with E-state index in [0.717, 1.165) is 32.1 Å². The number of halogens is 2. The predicted molar refractivity (Wildman–Crippen MR) is 127 cm³/mol. The van der Waals surface area contributed by atoms with E-state index in [4.69, 9.17) is 21.8 Å². The molecule has 0 aliphatic heterocycles. The maximum Gasteiger partial charge on any atom is 0.242 e. The van der Waals surface area contributed by atoms with Gasteiger partial charge in [-0.15, -0.1) is 23.7 Å². The quantitative estimate of drug-likeness (QED) is 0.330. The second-order valence-corrected chi connectivity index (χ2v) is 8.26. The van der Waals surface area contributed by atoms with Gasteiger partial charge in [-0.05, 0) is 36.8 Å². The van der Waals surface area contributed by atoms with Crippen LogP contribution in [-0.4, -0.2) is 21.9 Å². The van der Waals surface area contributed by atoms with Gasteiger partial charge in [0.05, 0.1) is 34.8 Å². The van der Waals surface area contributed by atoms with Crippen LogP contribution in [0, 0.1) is 6.92 Å². The normalized spacial score (nSPS) is 11.7. The summed E-state index contributed by atoms with van der Waals surface area (Å²) in [5.74, 6) is 1.01. The van der Waals surface area contributed by atoms with Gasteiger partial charge in [0, 0.05) is 23.6 Å². The van der Waals surface area contributed by atoms with Gasteiger partial charge in [0.25, 0.3) is 0 Å². The molecule has 4 aromatic rings. The number of furan rings is 1. The molecule has 0 fully saturated rings. The summed E-state index contributed by atoms with van der Waals surface area (Å²) in [4.78, 5) is 22.0. The molecule has 1 atom stereocenters. The number of fused-ring (bicyclic) bond motifs is 1. The van der Waals surface area contributed by atoms with E-state index < -0.39 is 6.04 Å². The zero-order valence-electron chi connectivity index (χ0n) is 16.6. The third-order valence-corrected chi connectivity index (χ3v) is 6.16. The number of aryl methyl sites for hydroxylation is 1. The first-order valence-corrected chi connectivity index (χ1v) is 10.5. The van der Waals surface area contributed by atoms with E-state index in [9.17, 15) is 4.79 Å². The Labute approximate surface area is 194 Å².